The van der Waals surface area contributed by atoms with Crippen molar-refractivity contribution >= 4 is 6.29 Å². The summed E-state index contributed by atoms with van der Waals surface area (Å²) in [5, 5.41) is 0. The van der Waals surface area contributed by atoms with Gasteiger partial charge in [0.1, 0.15) is 12.0 Å². The van der Waals surface area contributed by atoms with Crippen LogP contribution in [-0.2, 0) is 0 Å². The second-order valence-electron chi connectivity index (χ2n) is 4.71. The minimum atomic E-state index is 0.442. The Hall–Kier alpha value is -3.21. The van der Waals surface area contributed by atoms with Crippen LogP contribution in [-0.4, -0.2) is 23.4 Å². The van der Waals surface area contributed by atoms with Gasteiger partial charge in [-0.05, 0) is 48.5 Å². The van der Waals surface area contributed by atoms with Gasteiger partial charge in [-0.2, -0.15) is 0 Å². The minimum Gasteiger partial charge on any atom is -0.481 e. The number of hydrogen-bond donors (Lipinski definition) is 0. The lowest BCUT2D eigenvalue weighted by atomic mass is 10.1. The molecule has 2 aromatic heterocycles. The van der Waals surface area contributed by atoms with E-state index in [0.717, 1.165) is 17.4 Å². The maximum absolute atomic E-state index is 10.7. The van der Waals surface area contributed by atoms with Gasteiger partial charge in [-0.1, -0.05) is 0 Å². The zero-order chi connectivity index (χ0) is 16.1. The van der Waals surface area contributed by atoms with Crippen LogP contribution in [0.4, 0.5) is 0 Å². The molecule has 0 bridgehead atoms. The van der Waals surface area contributed by atoms with Gasteiger partial charge in [0.2, 0.25) is 11.8 Å². The van der Waals surface area contributed by atoms with Gasteiger partial charge in [0.25, 0.3) is 0 Å². The zero-order valence-electron chi connectivity index (χ0n) is 12.5. The molecule has 0 amide bonds. The number of ether oxygens (including phenoxy) is 2. The summed E-state index contributed by atoms with van der Waals surface area (Å²) in [6.45, 7) is 0. The molecule has 2 heterocycles. The number of aldehydes is 1. The number of pyridine rings is 2. The van der Waals surface area contributed by atoms with Crippen molar-refractivity contribution in [1.82, 2.24) is 9.97 Å². The SMILES string of the molecule is COc1ncccc1-c1cccnc1Oc1ccc(C=O)cc1. The van der Waals surface area contributed by atoms with Crippen LogP contribution in [0.2, 0.25) is 0 Å². The maximum Gasteiger partial charge on any atom is 0.227 e. The maximum atomic E-state index is 10.7. The van der Waals surface area contributed by atoms with E-state index in [0.29, 0.717) is 23.1 Å². The van der Waals surface area contributed by atoms with Gasteiger partial charge in [-0.3, -0.25) is 4.79 Å². The van der Waals surface area contributed by atoms with E-state index in [9.17, 15) is 4.79 Å². The Morgan fingerprint density at radius 3 is 2.09 bits per heavy atom. The molecule has 0 N–H and O–H groups in total. The van der Waals surface area contributed by atoms with Crippen molar-refractivity contribution in [3.8, 4) is 28.6 Å². The Bertz CT molecular complexity index is 817. The summed E-state index contributed by atoms with van der Waals surface area (Å²) in [5.74, 6) is 1.54. The Morgan fingerprint density at radius 2 is 1.48 bits per heavy atom. The smallest absolute Gasteiger partial charge is 0.227 e. The third kappa shape index (κ3) is 3.18. The molecular weight excluding hydrogens is 292 g/mol. The van der Waals surface area contributed by atoms with Gasteiger partial charge in [0.15, 0.2) is 0 Å². The number of rotatable bonds is 5. The molecule has 0 aliphatic rings. The highest BCUT2D eigenvalue weighted by atomic mass is 16.5. The van der Waals surface area contributed by atoms with Crippen LogP contribution in [0, 0.1) is 0 Å². The van der Waals surface area contributed by atoms with E-state index in [4.69, 9.17) is 9.47 Å². The highest BCUT2D eigenvalue weighted by molar-refractivity contribution is 5.75. The Kier molecular flexibility index (Phi) is 4.29. The molecule has 5 nitrogen and oxygen atoms in total. The van der Waals surface area contributed by atoms with Crippen molar-refractivity contribution in [3.63, 3.8) is 0 Å². The Morgan fingerprint density at radius 1 is 0.870 bits per heavy atom. The average molecular weight is 306 g/mol. The molecule has 0 spiro atoms. The predicted molar refractivity (Wildman–Crippen MR) is 85.9 cm³/mol. The highest BCUT2D eigenvalue weighted by Gasteiger charge is 2.13. The molecule has 1 aromatic carbocycles. The topological polar surface area (TPSA) is 61.3 Å². The first-order valence-electron chi connectivity index (χ1n) is 6.99. The largest absolute Gasteiger partial charge is 0.481 e. The summed E-state index contributed by atoms with van der Waals surface area (Å²) in [6, 6.07) is 14.3. The molecule has 0 radical (unpaired) electrons. The minimum absolute atomic E-state index is 0.442. The van der Waals surface area contributed by atoms with Crippen molar-refractivity contribution in [1.29, 1.82) is 0 Å². The third-order valence-corrected chi connectivity index (χ3v) is 3.26. The summed E-state index contributed by atoms with van der Waals surface area (Å²) >= 11 is 0. The van der Waals surface area contributed by atoms with Gasteiger partial charge in [-0.15, -0.1) is 0 Å². The average Bonchev–Trinajstić information content (AvgIpc) is 2.63. The van der Waals surface area contributed by atoms with Crippen LogP contribution in [0.3, 0.4) is 0 Å². The van der Waals surface area contributed by atoms with Crippen molar-refractivity contribution in [2.24, 2.45) is 0 Å². The number of methoxy groups -OCH3 is 1. The molecule has 0 fully saturated rings. The van der Waals surface area contributed by atoms with E-state index in [-0.39, 0.29) is 0 Å². The summed E-state index contributed by atoms with van der Waals surface area (Å²) < 4.78 is 11.2. The second-order valence-corrected chi connectivity index (χ2v) is 4.71. The first-order chi connectivity index (χ1) is 11.3. The molecule has 5 heteroatoms. The van der Waals surface area contributed by atoms with Crippen molar-refractivity contribution in [2.45, 2.75) is 0 Å². The molecule has 0 saturated carbocycles. The number of carbonyl (C=O) groups is 1. The normalized spacial score (nSPS) is 10.1. The van der Waals surface area contributed by atoms with Crippen LogP contribution in [0.15, 0.2) is 60.9 Å². The molecule has 0 aliphatic carbocycles. The zero-order valence-corrected chi connectivity index (χ0v) is 12.5. The van der Waals surface area contributed by atoms with Gasteiger partial charge >= 0.3 is 0 Å². The fraction of sp³-hybridized carbons (Fsp3) is 0.0556. The molecular formula is C18H14N2O3. The lowest BCUT2D eigenvalue weighted by Crippen LogP contribution is -1.95. The highest BCUT2D eigenvalue weighted by Crippen LogP contribution is 2.35. The van der Waals surface area contributed by atoms with E-state index in [1.807, 2.05) is 24.3 Å². The molecule has 0 unspecified atom stereocenters. The predicted octanol–water partition coefficient (Wildman–Crippen LogP) is 3.76. The molecule has 0 saturated heterocycles. The van der Waals surface area contributed by atoms with E-state index >= 15 is 0 Å². The number of nitrogens with zero attached hydrogens (tertiary/aromatic N) is 2. The molecule has 23 heavy (non-hydrogen) atoms. The lowest BCUT2D eigenvalue weighted by Gasteiger charge is -2.12. The van der Waals surface area contributed by atoms with Crippen molar-refractivity contribution < 1.29 is 14.3 Å². The van der Waals surface area contributed by atoms with Gasteiger partial charge < -0.3 is 9.47 Å². The van der Waals surface area contributed by atoms with Crippen molar-refractivity contribution in [3.05, 3.63) is 66.5 Å². The van der Waals surface area contributed by atoms with Gasteiger partial charge in [-0.25, -0.2) is 9.97 Å². The van der Waals surface area contributed by atoms with Crippen molar-refractivity contribution in [2.75, 3.05) is 7.11 Å². The molecule has 114 valence electrons. The summed E-state index contributed by atoms with van der Waals surface area (Å²) in [5.41, 5.74) is 2.16. The molecule has 3 rings (SSSR count). The Balaban J connectivity index is 1.98. The summed E-state index contributed by atoms with van der Waals surface area (Å²) in [4.78, 5) is 19.2. The van der Waals surface area contributed by atoms with E-state index in [1.165, 1.54) is 0 Å². The number of carbonyl (C=O) groups excluding carboxylic acids is 1. The monoisotopic (exact) mass is 306 g/mol. The van der Waals surface area contributed by atoms with Crippen LogP contribution in [0.25, 0.3) is 11.1 Å². The number of hydrogen-bond acceptors (Lipinski definition) is 5. The number of aromatic nitrogens is 2. The Labute approximate surface area is 133 Å². The quantitative estimate of drug-likeness (QED) is 0.672. The summed E-state index contributed by atoms with van der Waals surface area (Å²) in [6.07, 6.45) is 4.11. The van der Waals surface area contributed by atoms with Crippen LogP contribution >= 0.6 is 0 Å². The lowest BCUT2D eigenvalue weighted by molar-refractivity contribution is 0.112. The third-order valence-electron chi connectivity index (χ3n) is 3.26. The standard InChI is InChI=1S/C18H14N2O3/c1-22-17-15(4-2-10-19-17)16-5-3-11-20-18(16)23-14-8-6-13(12-21)7-9-14/h2-12H,1H3. The fourth-order valence-corrected chi connectivity index (χ4v) is 2.16. The van der Waals surface area contributed by atoms with E-state index in [2.05, 4.69) is 9.97 Å². The summed E-state index contributed by atoms with van der Waals surface area (Å²) in [7, 11) is 1.57. The first kappa shape index (κ1) is 14.7. The van der Waals surface area contributed by atoms with Crippen LogP contribution in [0.1, 0.15) is 10.4 Å². The fourth-order valence-electron chi connectivity index (χ4n) is 2.16. The molecule has 0 atom stereocenters. The van der Waals surface area contributed by atoms with Gasteiger partial charge in [0.05, 0.1) is 7.11 Å². The van der Waals surface area contributed by atoms with Crippen LogP contribution in [0.5, 0.6) is 17.5 Å². The van der Waals surface area contributed by atoms with E-state index in [1.54, 1.807) is 43.8 Å². The second kappa shape index (κ2) is 6.70. The molecule has 3 aromatic rings. The number of benzene rings is 1. The van der Waals surface area contributed by atoms with Gasteiger partial charge in [0, 0.05) is 29.1 Å². The first-order valence-corrected chi connectivity index (χ1v) is 6.99. The molecule has 0 aliphatic heterocycles. The van der Waals surface area contributed by atoms with E-state index < -0.39 is 0 Å². The van der Waals surface area contributed by atoms with Crippen LogP contribution < -0.4 is 9.47 Å².